The number of nitrogens with zero attached hydrogens (tertiary/aromatic N) is 2. The first kappa shape index (κ1) is 12.6. The first-order valence-electron chi connectivity index (χ1n) is 6.24. The Labute approximate surface area is 114 Å². The van der Waals surface area contributed by atoms with E-state index in [2.05, 4.69) is 15.2 Å². The van der Waals surface area contributed by atoms with Gasteiger partial charge in [0.05, 0.1) is 11.7 Å². The van der Waals surface area contributed by atoms with Crippen LogP contribution < -0.4 is 0 Å². The summed E-state index contributed by atoms with van der Waals surface area (Å²) in [4.78, 5) is 4.30. The van der Waals surface area contributed by atoms with Gasteiger partial charge in [0.25, 0.3) is 0 Å². The van der Waals surface area contributed by atoms with Crippen LogP contribution in [0, 0.1) is 5.82 Å². The maximum absolute atomic E-state index is 13.6. The molecular weight excluding hydrogens is 265 g/mol. The van der Waals surface area contributed by atoms with Crippen molar-refractivity contribution in [1.29, 1.82) is 0 Å². The third kappa shape index (κ3) is 2.96. The Bertz CT molecular complexity index is 554. The van der Waals surface area contributed by atoms with Gasteiger partial charge >= 0.3 is 0 Å². The molecule has 0 amide bonds. The Morgan fingerprint density at radius 1 is 1.42 bits per heavy atom. The molecule has 1 aliphatic rings. The number of rotatable bonds is 4. The highest BCUT2D eigenvalue weighted by Crippen LogP contribution is 2.24. The predicted molar refractivity (Wildman–Crippen MR) is 71.5 cm³/mol. The van der Waals surface area contributed by atoms with E-state index in [1.165, 1.54) is 17.8 Å². The SMILES string of the molecule is Fc1ccccc1-c1nc(SCC2CCCO2)n[nH]1. The number of nitrogens with one attached hydrogen (secondary N) is 1. The summed E-state index contributed by atoms with van der Waals surface area (Å²) < 4.78 is 19.1. The van der Waals surface area contributed by atoms with Crippen molar-refractivity contribution in [3.63, 3.8) is 0 Å². The summed E-state index contributed by atoms with van der Waals surface area (Å²) in [5.41, 5.74) is 0.443. The van der Waals surface area contributed by atoms with Gasteiger partial charge in [-0.3, -0.25) is 5.10 Å². The fourth-order valence-corrected chi connectivity index (χ4v) is 2.89. The number of benzene rings is 1. The second-order valence-corrected chi connectivity index (χ2v) is 5.38. The smallest absolute Gasteiger partial charge is 0.208 e. The van der Waals surface area contributed by atoms with Gasteiger partial charge in [0.15, 0.2) is 5.82 Å². The van der Waals surface area contributed by atoms with Gasteiger partial charge < -0.3 is 4.74 Å². The largest absolute Gasteiger partial charge is 0.377 e. The lowest BCUT2D eigenvalue weighted by atomic mass is 10.2. The molecule has 0 saturated carbocycles. The first-order valence-corrected chi connectivity index (χ1v) is 7.23. The zero-order valence-electron chi connectivity index (χ0n) is 10.3. The average Bonchev–Trinajstić information content (AvgIpc) is 3.08. The summed E-state index contributed by atoms with van der Waals surface area (Å²) in [5, 5.41) is 7.51. The molecule has 19 heavy (non-hydrogen) atoms. The van der Waals surface area contributed by atoms with E-state index >= 15 is 0 Å². The molecule has 4 nitrogen and oxygen atoms in total. The number of hydrogen-bond acceptors (Lipinski definition) is 4. The summed E-state index contributed by atoms with van der Waals surface area (Å²) in [7, 11) is 0. The van der Waals surface area contributed by atoms with E-state index in [0.29, 0.717) is 22.6 Å². The maximum Gasteiger partial charge on any atom is 0.208 e. The molecule has 100 valence electrons. The highest BCUT2D eigenvalue weighted by atomic mass is 32.2. The fraction of sp³-hybridized carbons (Fsp3) is 0.385. The van der Waals surface area contributed by atoms with Crippen molar-refractivity contribution in [2.45, 2.75) is 24.1 Å². The molecule has 0 bridgehead atoms. The molecule has 2 aromatic rings. The van der Waals surface area contributed by atoms with Crippen LogP contribution in [0.3, 0.4) is 0 Å². The van der Waals surface area contributed by atoms with Gasteiger partial charge in [-0.25, -0.2) is 9.37 Å². The number of thioether (sulfide) groups is 1. The second-order valence-electron chi connectivity index (χ2n) is 4.39. The lowest BCUT2D eigenvalue weighted by molar-refractivity contribution is 0.129. The van der Waals surface area contributed by atoms with Gasteiger partial charge in [0.2, 0.25) is 5.16 Å². The fourth-order valence-electron chi connectivity index (χ4n) is 2.03. The summed E-state index contributed by atoms with van der Waals surface area (Å²) in [6.07, 6.45) is 2.51. The third-order valence-corrected chi connectivity index (χ3v) is 4.00. The Morgan fingerprint density at radius 3 is 3.11 bits per heavy atom. The monoisotopic (exact) mass is 279 g/mol. The van der Waals surface area contributed by atoms with Crippen LogP contribution in [0.1, 0.15) is 12.8 Å². The highest BCUT2D eigenvalue weighted by molar-refractivity contribution is 7.99. The zero-order chi connectivity index (χ0) is 13.1. The van der Waals surface area contributed by atoms with Crippen molar-refractivity contribution >= 4 is 11.8 Å². The quantitative estimate of drug-likeness (QED) is 0.874. The van der Waals surface area contributed by atoms with Crippen molar-refractivity contribution in [1.82, 2.24) is 15.2 Å². The van der Waals surface area contributed by atoms with E-state index in [0.717, 1.165) is 25.2 Å². The van der Waals surface area contributed by atoms with E-state index in [4.69, 9.17) is 4.74 Å². The number of aromatic amines is 1. The minimum atomic E-state index is -0.297. The van der Waals surface area contributed by atoms with Crippen LogP contribution in [-0.2, 0) is 4.74 Å². The Balaban J connectivity index is 1.67. The third-order valence-electron chi connectivity index (χ3n) is 3.02. The molecule has 1 fully saturated rings. The molecule has 1 aliphatic heterocycles. The molecule has 2 heterocycles. The molecule has 1 aromatic heterocycles. The second kappa shape index (κ2) is 5.71. The van der Waals surface area contributed by atoms with E-state index in [9.17, 15) is 4.39 Å². The molecule has 1 unspecified atom stereocenters. The van der Waals surface area contributed by atoms with E-state index in [-0.39, 0.29) is 5.82 Å². The zero-order valence-corrected chi connectivity index (χ0v) is 11.1. The number of hydrogen-bond donors (Lipinski definition) is 1. The van der Waals surface area contributed by atoms with Crippen molar-refractivity contribution in [2.75, 3.05) is 12.4 Å². The molecule has 0 aliphatic carbocycles. The summed E-state index contributed by atoms with van der Waals surface area (Å²) in [6.45, 7) is 0.847. The summed E-state index contributed by atoms with van der Waals surface area (Å²) in [6, 6.07) is 6.53. The summed E-state index contributed by atoms with van der Waals surface area (Å²) in [5.74, 6) is 1.01. The first-order chi connectivity index (χ1) is 9.33. The lowest BCUT2D eigenvalue weighted by Crippen LogP contribution is -2.07. The Hall–Kier alpha value is -1.40. The van der Waals surface area contributed by atoms with Crippen LogP contribution in [-0.4, -0.2) is 33.6 Å². The molecule has 6 heteroatoms. The standard InChI is InChI=1S/C13H14FN3OS/c14-11-6-2-1-5-10(11)12-15-13(17-16-12)19-8-9-4-3-7-18-9/h1-2,5-6,9H,3-4,7-8H2,(H,15,16,17). The van der Waals surface area contributed by atoms with E-state index in [1.807, 2.05) is 0 Å². The van der Waals surface area contributed by atoms with Gasteiger partial charge in [-0.2, -0.15) is 0 Å². The number of halogens is 1. The van der Waals surface area contributed by atoms with Crippen LogP contribution in [0.2, 0.25) is 0 Å². The van der Waals surface area contributed by atoms with Crippen molar-refractivity contribution in [3.8, 4) is 11.4 Å². The predicted octanol–water partition coefficient (Wildman–Crippen LogP) is 2.88. The molecule has 1 aromatic carbocycles. The van der Waals surface area contributed by atoms with Gasteiger partial charge in [-0.1, -0.05) is 23.9 Å². The van der Waals surface area contributed by atoms with E-state index < -0.39 is 0 Å². The number of aromatic nitrogens is 3. The molecule has 3 rings (SSSR count). The van der Waals surface area contributed by atoms with Crippen molar-refractivity contribution in [2.24, 2.45) is 0 Å². The molecule has 0 spiro atoms. The normalized spacial score (nSPS) is 18.9. The lowest BCUT2D eigenvalue weighted by Gasteiger charge is -2.05. The van der Waals surface area contributed by atoms with Crippen LogP contribution in [0.15, 0.2) is 29.4 Å². The van der Waals surface area contributed by atoms with Crippen molar-refractivity contribution < 1.29 is 9.13 Å². The highest BCUT2D eigenvalue weighted by Gasteiger charge is 2.17. The maximum atomic E-state index is 13.6. The molecular formula is C13H14FN3OS. The minimum absolute atomic E-state index is 0.292. The van der Waals surface area contributed by atoms with Crippen molar-refractivity contribution in [3.05, 3.63) is 30.1 Å². The molecule has 1 saturated heterocycles. The van der Waals surface area contributed by atoms with Crippen LogP contribution >= 0.6 is 11.8 Å². The van der Waals surface area contributed by atoms with Gasteiger partial charge in [-0.05, 0) is 25.0 Å². The average molecular weight is 279 g/mol. The van der Waals surface area contributed by atoms with Gasteiger partial charge in [-0.15, -0.1) is 5.10 Å². The van der Waals surface area contributed by atoms with Crippen LogP contribution in [0.4, 0.5) is 4.39 Å². The van der Waals surface area contributed by atoms with Gasteiger partial charge in [0.1, 0.15) is 5.82 Å². The van der Waals surface area contributed by atoms with E-state index in [1.54, 1.807) is 18.2 Å². The number of ether oxygens (including phenoxy) is 1. The number of H-pyrrole nitrogens is 1. The molecule has 0 radical (unpaired) electrons. The Morgan fingerprint density at radius 2 is 2.32 bits per heavy atom. The van der Waals surface area contributed by atoms with Crippen LogP contribution in [0.25, 0.3) is 11.4 Å². The topological polar surface area (TPSA) is 50.8 Å². The van der Waals surface area contributed by atoms with Crippen LogP contribution in [0.5, 0.6) is 0 Å². The molecule has 1 N–H and O–H groups in total. The Kier molecular flexibility index (Phi) is 3.79. The minimum Gasteiger partial charge on any atom is -0.377 e. The van der Waals surface area contributed by atoms with Gasteiger partial charge in [0, 0.05) is 12.4 Å². The molecule has 1 atom stereocenters. The summed E-state index contributed by atoms with van der Waals surface area (Å²) >= 11 is 1.54.